The molecule has 2 fully saturated rings. The van der Waals surface area contributed by atoms with E-state index in [1.807, 2.05) is 30.3 Å². The van der Waals surface area contributed by atoms with Gasteiger partial charge in [0.1, 0.15) is 18.0 Å². The summed E-state index contributed by atoms with van der Waals surface area (Å²) in [7, 11) is 0. The lowest BCUT2D eigenvalue weighted by atomic mass is 10.0. The summed E-state index contributed by atoms with van der Waals surface area (Å²) in [5.41, 5.74) is 1.89. The first-order valence-electron chi connectivity index (χ1n) is 9.88. The van der Waals surface area contributed by atoms with E-state index >= 15 is 0 Å². The number of amides is 2. The van der Waals surface area contributed by atoms with Crippen molar-refractivity contribution >= 4 is 11.8 Å². The zero-order valence-electron chi connectivity index (χ0n) is 16.1. The van der Waals surface area contributed by atoms with Crippen LogP contribution in [0.1, 0.15) is 49.9 Å². The van der Waals surface area contributed by atoms with Gasteiger partial charge in [-0.2, -0.15) is 0 Å². The Balaban J connectivity index is 1.60. The fraction of sp³-hybridized carbons (Fsp3) is 0.391. The van der Waals surface area contributed by atoms with E-state index in [9.17, 15) is 14.0 Å². The van der Waals surface area contributed by atoms with Crippen molar-refractivity contribution in [2.24, 2.45) is 11.8 Å². The molecule has 1 aliphatic carbocycles. The molecule has 4 atom stereocenters. The van der Waals surface area contributed by atoms with E-state index in [4.69, 9.17) is 0 Å². The van der Waals surface area contributed by atoms with Crippen molar-refractivity contribution in [2.45, 2.75) is 44.8 Å². The van der Waals surface area contributed by atoms with Crippen molar-refractivity contribution in [2.75, 3.05) is 0 Å². The first-order valence-corrected chi connectivity index (χ1v) is 9.88. The van der Waals surface area contributed by atoms with Gasteiger partial charge in [-0.3, -0.25) is 9.59 Å². The number of hydrogen-bond donors (Lipinski definition) is 1. The highest BCUT2D eigenvalue weighted by molar-refractivity contribution is 5.93. The van der Waals surface area contributed by atoms with E-state index in [0.717, 1.165) is 17.5 Å². The Hall–Kier alpha value is -2.69. The minimum Gasteiger partial charge on any atom is -0.330 e. The number of halogens is 1. The summed E-state index contributed by atoms with van der Waals surface area (Å²) in [5, 5.41) is 3.02. The van der Waals surface area contributed by atoms with Crippen molar-refractivity contribution in [1.29, 1.82) is 0 Å². The van der Waals surface area contributed by atoms with Crippen LogP contribution in [0.5, 0.6) is 0 Å². The molecule has 5 heteroatoms. The third kappa shape index (κ3) is 3.53. The summed E-state index contributed by atoms with van der Waals surface area (Å²) in [6, 6.07) is 15.5. The van der Waals surface area contributed by atoms with Gasteiger partial charge in [-0.05, 0) is 47.9 Å². The van der Waals surface area contributed by atoms with Gasteiger partial charge < -0.3 is 10.2 Å². The average Bonchev–Trinajstić information content (AvgIpc) is 3.42. The van der Waals surface area contributed by atoms with Crippen LogP contribution in [0.4, 0.5) is 4.39 Å². The average molecular weight is 380 g/mol. The van der Waals surface area contributed by atoms with Crippen molar-refractivity contribution in [3.05, 3.63) is 71.5 Å². The standard InChI is InChI=1S/C23H25FN2O2/c1-14(2)12-20-22(27)25-21(16-6-4-3-5-7-16)26(20)23(28)19-13-18(19)15-8-10-17(24)11-9-15/h3-11,14,18-21H,12-13H2,1-2H3,(H,25,27)/t18-,19+,20?,21-/m1/s1. The molecule has 1 saturated heterocycles. The van der Waals surface area contributed by atoms with Crippen molar-refractivity contribution < 1.29 is 14.0 Å². The molecule has 0 bridgehead atoms. The maximum atomic E-state index is 13.4. The fourth-order valence-electron chi connectivity index (χ4n) is 4.17. The number of carbonyl (C=O) groups excluding carboxylic acids is 2. The molecule has 0 spiro atoms. The van der Waals surface area contributed by atoms with Gasteiger partial charge in [-0.15, -0.1) is 0 Å². The molecule has 4 rings (SSSR count). The van der Waals surface area contributed by atoms with Gasteiger partial charge >= 0.3 is 0 Å². The monoisotopic (exact) mass is 380 g/mol. The first kappa shape index (κ1) is 18.7. The molecule has 1 unspecified atom stereocenters. The van der Waals surface area contributed by atoms with Gasteiger partial charge in [0.2, 0.25) is 11.8 Å². The Morgan fingerprint density at radius 2 is 1.79 bits per heavy atom. The first-order chi connectivity index (χ1) is 13.5. The van der Waals surface area contributed by atoms with Crippen LogP contribution < -0.4 is 5.32 Å². The van der Waals surface area contributed by atoms with E-state index in [1.54, 1.807) is 17.0 Å². The normalized spacial score (nSPS) is 26.4. The van der Waals surface area contributed by atoms with Gasteiger partial charge in [-0.1, -0.05) is 56.3 Å². The Bertz CT molecular complexity index is 866. The summed E-state index contributed by atoms with van der Waals surface area (Å²) in [5.74, 6) is -0.114. The highest BCUT2D eigenvalue weighted by atomic mass is 19.1. The highest BCUT2D eigenvalue weighted by Gasteiger charge is 2.52. The van der Waals surface area contributed by atoms with Crippen LogP contribution >= 0.6 is 0 Å². The largest absolute Gasteiger partial charge is 0.330 e. The highest BCUT2D eigenvalue weighted by Crippen LogP contribution is 2.50. The molecule has 146 valence electrons. The zero-order chi connectivity index (χ0) is 19.8. The number of nitrogens with zero attached hydrogens (tertiary/aromatic N) is 1. The third-order valence-corrected chi connectivity index (χ3v) is 5.67. The summed E-state index contributed by atoms with van der Waals surface area (Å²) in [4.78, 5) is 27.9. The topological polar surface area (TPSA) is 49.4 Å². The Morgan fingerprint density at radius 1 is 1.11 bits per heavy atom. The van der Waals surface area contributed by atoms with Crippen LogP contribution in [0.2, 0.25) is 0 Å². The third-order valence-electron chi connectivity index (χ3n) is 5.67. The molecular weight excluding hydrogens is 355 g/mol. The van der Waals surface area contributed by atoms with Gasteiger partial charge in [0.15, 0.2) is 0 Å². The lowest BCUT2D eigenvalue weighted by molar-refractivity contribution is -0.138. The van der Waals surface area contributed by atoms with Crippen LogP contribution in [0.25, 0.3) is 0 Å². The summed E-state index contributed by atoms with van der Waals surface area (Å²) < 4.78 is 13.2. The summed E-state index contributed by atoms with van der Waals surface area (Å²) >= 11 is 0. The molecule has 2 aromatic rings. The molecule has 2 aliphatic rings. The quantitative estimate of drug-likeness (QED) is 0.852. The minimum atomic E-state index is -0.452. The minimum absolute atomic E-state index is 0.00665. The van der Waals surface area contributed by atoms with E-state index in [2.05, 4.69) is 19.2 Å². The molecular formula is C23H25FN2O2. The zero-order valence-corrected chi connectivity index (χ0v) is 16.1. The van der Waals surface area contributed by atoms with Crippen LogP contribution in [-0.4, -0.2) is 22.8 Å². The van der Waals surface area contributed by atoms with E-state index in [1.165, 1.54) is 12.1 Å². The predicted molar refractivity (Wildman–Crippen MR) is 105 cm³/mol. The molecule has 1 heterocycles. The van der Waals surface area contributed by atoms with Crippen LogP contribution in [-0.2, 0) is 9.59 Å². The molecule has 2 aromatic carbocycles. The lowest BCUT2D eigenvalue weighted by Gasteiger charge is -2.29. The number of nitrogens with one attached hydrogen (secondary N) is 1. The summed E-state index contributed by atoms with van der Waals surface area (Å²) in [6.07, 6.45) is 0.944. The molecule has 28 heavy (non-hydrogen) atoms. The molecule has 1 saturated carbocycles. The van der Waals surface area contributed by atoms with E-state index in [0.29, 0.717) is 12.3 Å². The maximum absolute atomic E-state index is 13.4. The van der Waals surface area contributed by atoms with Crippen LogP contribution in [0.3, 0.4) is 0 Å². The van der Waals surface area contributed by atoms with Gasteiger partial charge in [0, 0.05) is 5.92 Å². The molecule has 4 nitrogen and oxygen atoms in total. The Morgan fingerprint density at radius 3 is 2.43 bits per heavy atom. The molecule has 0 radical (unpaired) electrons. The van der Waals surface area contributed by atoms with Gasteiger partial charge in [0.25, 0.3) is 0 Å². The number of benzene rings is 2. The second-order valence-electron chi connectivity index (χ2n) is 8.21. The second-order valence-corrected chi connectivity index (χ2v) is 8.21. The fourth-order valence-corrected chi connectivity index (χ4v) is 4.17. The second kappa shape index (κ2) is 7.38. The molecule has 1 aliphatic heterocycles. The number of hydrogen-bond acceptors (Lipinski definition) is 2. The number of carbonyl (C=O) groups is 2. The molecule has 1 N–H and O–H groups in total. The Kier molecular flexibility index (Phi) is 4.92. The molecule has 2 amide bonds. The van der Waals surface area contributed by atoms with Gasteiger partial charge in [-0.25, -0.2) is 4.39 Å². The van der Waals surface area contributed by atoms with E-state index in [-0.39, 0.29) is 29.5 Å². The van der Waals surface area contributed by atoms with Crippen molar-refractivity contribution in [1.82, 2.24) is 10.2 Å². The van der Waals surface area contributed by atoms with Gasteiger partial charge in [0.05, 0.1) is 0 Å². The van der Waals surface area contributed by atoms with Crippen molar-refractivity contribution in [3.8, 4) is 0 Å². The van der Waals surface area contributed by atoms with Crippen LogP contribution in [0.15, 0.2) is 54.6 Å². The molecule has 0 aromatic heterocycles. The SMILES string of the molecule is CC(C)CC1C(=O)N[C@@H](c2ccccc2)N1C(=O)[C@H]1C[C@@H]1c1ccc(F)cc1. The summed E-state index contributed by atoms with van der Waals surface area (Å²) in [6.45, 7) is 4.12. The number of rotatable bonds is 5. The van der Waals surface area contributed by atoms with Crippen molar-refractivity contribution in [3.63, 3.8) is 0 Å². The Labute approximate surface area is 164 Å². The van der Waals surface area contributed by atoms with E-state index < -0.39 is 12.2 Å². The smallest absolute Gasteiger partial charge is 0.244 e. The lowest BCUT2D eigenvalue weighted by Crippen LogP contribution is -2.41. The predicted octanol–water partition coefficient (Wildman–Crippen LogP) is 4.00. The van der Waals surface area contributed by atoms with Crippen LogP contribution in [0, 0.1) is 17.7 Å². The maximum Gasteiger partial charge on any atom is 0.244 e.